The third-order valence-electron chi connectivity index (χ3n) is 2.29. The average molecular weight is 246 g/mol. The zero-order chi connectivity index (χ0) is 12.9. The molecule has 0 spiro atoms. The van der Waals surface area contributed by atoms with Crippen molar-refractivity contribution in [2.75, 3.05) is 39.6 Å². The molecule has 0 fully saturated rings. The second-order valence-corrected chi connectivity index (χ2v) is 3.82. The molecule has 0 aliphatic carbocycles. The smallest absolute Gasteiger partial charge is 0.224 e. The van der Waals surface area contributed by atoms with E-state index in [0.29, 0.717) is 26.2 Å². The third kappa shape index (κ3) is 9.09. The quantitative estimate of drug-likeness (QED) is 0.436. The molecule has 2 N–H and O–H groups in total. The van der Waals surface area contributed by atoms with Crippen molar-refractivity contribution in [2.24, 2.45) is 5.73 Å². The maximum atomic E-state index is 11.8. The van der Waals surface area contributed by atoms with Crippen molar-refractivity contribution in [3.8, 4) is 0 Å². The molecule has 1 amide bonds. The van der Waals surface area contributed by atoms with Crippen LogP contribution in [0.5, 0.6) is 0 Å². The minimum absolute atomic E-state index is 0.174. The summed E-state index contributed by atoms with van der Waals surface area (Å²) in [7, 11) is 0. The Morgan fingerprint density at radius 2 is 1.65 bits per heavy atom. The van der Waals surface area contributed by atoms with Crippen molar-refractivity contribution in [2.45, 2.75) is 33.1 Å². The lowest BCUT2D eigenvalue weighted by molar-refractivity contribution is -0.132. The van der Waals surface area contributed by atoms with E-state index in [1.807, 2.05) is 4.90 Å². The van der Waals surface area contributed by atoms with Crippen LogP contribution < -0.4 is 5.73 Å². The fourth-order valence-electron chi connectivity index (χ4n) is 1.52. The molecule has 0 heterocycles. The molecule has 0 unspecified atom stereocenters. The molecular weight excluding hydrogens is 220 g/mol. The molecule has 0 aromatic heterocycles. The van der Waals surface area contributed by atoms with Crippen LogP contribution in [-0.2, 0) is 14.3 Å². The second kappa shape index (κ2) is 11.8. The molecule has 0 saturated heterocycles. The summed E-state index contributed by atoms with van der Waals surface area (Å²) in [6.07, 6.45) is 2.44. The first-order chi connectivity index (χ1) is 8.26. The molecule has 102 valence electrons. The standard InChI is InChI=1S/C12H26N2O3/c1-3-6-14(7-4-2)12(15)5-8-16-9-10-17-11-13/h3-11,13H2,1-2H3. The number of carbonyl (C=O) groups is 1. The van der Waals surface area contributed by atoms with Crippen molar-refractivity contribution in [3.05, 3.63) is 0 Å². The van der Waals surface area contributed by atoms with E-state index in [1.54, 1.807) is 0 Å². The van der Waals surface area contributed by atoms with Gasteiger partial charge in [-0.3, -0.25) is 4.79 Å². The van der Waals surface area contributed by atoms with E-state index in [2.05, 4.69) is 13.8 Å². The molecule has 17 heavy (non-hydrogen) atoms. The van der Waals surface area contributed by atoms with E-state index < -0.39 is 0 Å². The van der Waals surface area contributed by atoms with Crippen LogP contribution >= 0.6 is 0 Å². The van der Waals surface area contributed by atoms with E-state index in [4.69, 9.17) is 15.2 Å². The normalized spacial score (nSPS) is 10.5. The number of ether oxygens (including phenoxy) is 2. The van der Waals surface area contributed by atoms with Crippen LogP contribution in [0.4, 0.5) is 0 Å². The van der Waals surface area contributed by atoms with Gasteiger partial charge in [-0.2, -0.15) is 0 Å². The number of rotatable bonds is 11. The van der Waals surface area contributed by atoms with Crippen LogP contribution in [-0.4, -0.2) is 50.4 Å². The van der Waals surface area contributed by atoms with Crippen LogP contribution in [0.3, 0.4) is 0 Å². The van der Waals surface area contributed by atoms with Crippen LogP contribution in [0.1, 0.15) is 33.1 Å². The Kier molecular flexibility index (Phi) is 11.4. The third-order valence-corrected chi connectivity index (χ3v) is 2.29. The van der Waals surface area contributed by atoms with Gasteiger partial charge in [-0.25, -0.2) is 0 Å². The predicted molar refractivity (Wildman–Crippen MR) is 67.6 cm³/mol. The van der Waals surface area contributed by atoms with Crippen molar-refractivity contribution in [1.29, 1.82) is 0 Å². The zero-order valence-electron chi connectivity index (χ0n) is 11.1. The van der Waals surface area contributed by atoms with Gasteiger partial charge in [0.2, 0.25) is 5.91 Å². The Labute approximate surface area is 104 Å². The summed E-state index contributed by atoms with van der Waals surface area (Å²) < 4.78 is 10.2. The molecular formula is C12H26N2O3. The number of carbonyl (C=O) groups excluding carboxylic acids is 1. The van der Waals surface area contributed by atoms with Crippen molar-refractivity contribution in [3.63, 3.8) is 0 Å². The molecule has 5 nitrogen and oxygen atoms in total. The largest absolute Gasteiger partial charge is 0.379 e. The first-order valence-corrected chi connectivity index (χ1v) is 6.39. The Balaban J connectivity index is 3.59. The minimum atomic E-state index is 0.174. The lowest BCUT2D eigenvalue weighted by Gasteiger charge is -2.21. The highest BCUT2D eigenvalue weighted by molar-refractivity contribution is 5.76. The highest BCUT2D eigenvalue weighted by Gasteiger charge is 2.10. The molecule has 0 bridgehead atoms. The van der Waals surface area contributed by atoms with E-state index in [0.717, 1.165) is 25.9 Å². The zero-order valence-corrected chi connectivity index (χ0v) is 11.1. The van der Waals surface area contributed by atoms with E-state index >= 15 is 0 Å². The second-order valence-electron chi connectivity index (χ2n) is 3.82. The lowest BCUT2D eigenvalue weighted by Crippen LogP contribution is -2.33. The van der Waals surface area contributed by atoms with Gasteiger partial charge in [0.05, 0.1) is 33.0 Å². The fraction of sp³-hybridized carbons (Fsp3) is 0.917. The first-order valence-electron chi connectivity index (χ1n) is 6.39. The summed E-state index contributed by atoms with van der Waals surface area (Å²) in [5.74, 6) is 0.174. The molecule has 0 aromatic carbocycles. The average Bonchev–Trinajstić information content (AvgIpc) is 2.33. The molecule has 0 radical (unpaired) electrons. The van der Waals surface area contributed by atoms with E-state index in [1.165, 1.54) is 0 Å². The number of nitrogens with two attached hydrogens (primary N) is 1. The summed E-state index contributed by atoms with van der Waals surface area (Å²) in [5, 5.41) is 0. The van der Waals surface area contributed by atoms with Gasteiger partial charge >= 0.3 is 0 Å². The Bertz CT molecular complexity index is 183. The van der Waals surface area contributed by atoms with Gasteiger partial charge in [0.15, 0.2) is 0 Å². The highest BCUT2D eigenvalue weighted by Crippen LogP contribution is 1.99. The van der Waals surface area contributed by atoms with E-state index in [-0.39, 0.29) is 12.6 Å². The van der Waals surface area contributed by atoms with Gasteiger partial charge < -0.3 is 20.1 Å². The first kappa shape index (κ1) is 16.4. The number of hydrogen-bond acceptors (Lipinski definition) is 4. The van der Waals surface area contributed by atoms with Gasteiger partial charge in [0.25, 0.3) is 0 Å². The maximum absolute atomic E-state index is 11.8. The Hall–Kier alpha value is -0.650. The molecule has 0 atom stereocenters. The van der Waals surface area contributed by atoms with E-state index in [9.17, 15) is 4.79 Å². The minimum Gasteiger partial charge on any atom is -0.379 e. The molecule has 0 aliphatic heterocycles. The summed E-state index contributed by atoms with van der Waals surface area (Å²) in [5.41, 5.74) is 5.16. The fourth-order valence-corrected chi connectivity index (χ4v) is 1.52. The summed E-state index contributed by atoms with van der Waals surface area (Å²) >= 11 is 0. The maximum Gasteiger partial charge on any atom is 0.224 e. The van der Waals surface area contributed by atoms with Crippen molar-refractivity contribution >= 4 is 5.91 Å². The summed E-state index contributed by atoms with van der Waals surface area (Å²) in [6.45, 7) is 7.48. The summed E-state index contributed by atoms with van der Waals surface area (Å²) in [6, 6.07) is 0. The summed E-state index contributed by atoms with van der Waals surface area (Å²) in [4.78, 5) is 13.7. The monoisotopic (exact) mass is 246 g/mol. The van der Waals surface area contributed by atoms with Crippen LogP contribution in [0.15, 0.2) is 0 Å². The van der Waals surface area contributed by atoms with Gasteiger partial charge in [0.1, 0.15) is 0 Å². The topological polar surface area (TPSA) is 64.8 Å². The van der Waals surface area contributed by atoms with Crippen molar-refractivity contribution in [1.82, 2.24) is 4.90 Å². The molecule has 0 saturated carbocycles. The molecule has 0 aliphatic rings. The van der Waals surface area contributed by atoms with Gasteiger partial charge in [-0.15, -0.1) is 0 Å². The highest BCUT2D eigenvalue weighted by atomic mass is 16.5. The Morgan fingerprint density at radius 1 is 1.06 bits per heavy atom. The van der Waals surface area contributed by atoms with Crippen LogP contribution in [0, 0.1) is 0 Å². The van der Waals surface area contributed by atoms with Crippen LogP contribution in [0.2, 0.25) is 0 Å². The Morgan fingerprint density at radius 3 is 2.18 bits per heavy atom. The molecule has 0 rings (SSSR count). The predicted octanol–water partition coefficient (Wildman–Crippen LogP) is 0.975. The van der Waals surface area contributed by atoms with Gasteiger partial charge in [-0.05, 0) is 12.8 Å². The van der Waals surface area contributed by atoms with Crippen molar-refractivity contribution < 1.29 is 14.3 Å². The number of hydrogen-bond donors (Lipinski definition) is 1. The number of nitrogens with zero attached hydrogens (tertiary/aromatic N) is 1. The molecule has 0 aromatic rings. The van der Waals surface area contributed by atoms with Crippen LogP contribution in [0.25, 0.3) is 0 Å². The SMILES string of the molecule is CCCN(CCC)C(=O)CCOCCOCN. The van der Waals surface area contributed by atoms with Gasteiger partial charge in [0, 0.05) is 13.1 Å². The molecule has 5 heteroatoms. The van der Waals surface area contributed by atoms with Gasteiger partial charge in [-0.1, -0.05) is 13.8 Å². The number of amides is 1. The lowest BCUT2D eigenvalue weighted by atomic mass is 10.3.